The van der Waals surface area contributed by atoms with Gasteiger partial charge in [0.2, 0.25) is 0 Å². The SMILES string of the molecule is CCc1ccc(C(=O)N(CC)CC(F)(F)F)cc1S(C)(=O)=O. The second-order valence-electron chi connectivity index (χ2n) is 4.88. The number of benzene rings is 1. The molecule has 0 aliphatic carbocycles. The Balaban J connectivity index is 3.24. The Morgan fingerprint density at radius 1 is 1.23 bits per heavy atom. The first kappa shape index (κ1) is 18.5. The molecule has 0 aliphatic heterocycles. The van der Waals surface area contributed by atoms with Crippen LogP contribution in [0.2, 0.25) is 0 Å². The molecule has 0 spiro atoms. The molecule has 0 bridgehead atoms. The second kappa shape index (κ2) is 6.68. The van der Waals surface area contributed by atoms with Crippen LogP contribution in [0.25, 0.3) is 0 Å². The number of carbonyl (C=O) groups is 1. The highest BCUT2D eigenvalue weighted by atomic mass is 32.2. The van der Waals surface area contributed by atoms with E-state index in [9.17, 15) is 26.4 Å². The Bertz CT molecular complexity index is 654. The van der Waals surface area contributed by atoms with E-state index in [1.54, 1.807) is 6.92 Å². The van der Waals surface area contributed by atoms with Crippen LogP contribution in [-0.2, 0) is 16.3 Å². The van der Waals surface area contributed by atoms with Crippen LogP contribution in [0.15, 0.2) is 23.1 Å². The van der Waals surface area contributed by atoms with E-state index >= 15 is 0 Å². The summed E-state index contributed by atoms with van der Waals surface area (Å²) in [5, 5.41) is 0. The van der Waals surface area contributed by atoms with E-state index < -0.39 is 28.5 Å². The zero-order valence-electron chi connectivity index (χ0n) is 12.6. The minimum atomic E-state index is -4.51. The Kier molecular flexibility index (Phi) is 5.61. The van der Waals surface area contributed by atoms with E-state index in [2.05, 4.69) is 0 Å². The first-order valence-electron chi connectivity index (χ1n) is 6.68. The molecular formula is C14H18F3NO3S. The van der Waals surface area contributed by atoms with Crippen molar-refractivity contribution in [3.05, 3.63) is 29.3 Å². The summed E-state index contributed by atoms with van der Waals surface area (Å²) < 4.78 is 60.9. The standard InChI is InChI=1S/C14H18F3NO3S/c1-4-10-6-7-11(8-12(10)22(3,20)21)13(19)18(5-2)9-14(15,16)17/h6-8H,4-5,9H2,1-3H3. The number of hydrogen-bond donors (Lipinski definition) is 0. The molecule has 0 atom stereocenters. The molecule has 1 rings (SSSR count). The Hall–Kier alpha value is -1.57. The molecule has 22 heavy (non-hydrogen) atoms. The summed E-state index contributed by atoms with van der Waals surface area (Å²) in [7, 11) is -3.56. The van der Waals surface area contributed by atoms with Crippen molar-refractivity contribution in [2.45, 2.75) is 31.3 Å². The van der Waals surface area contributed by atoms with Crippen LogP contribution in [0.5, 0.6) is 0 Å². The van der Waals surface area contributed by atoms with E-state index in [0.29, 0.717) is 16.9 Å². The normalized spacial score (nSPS) is 12.3. The fraction of sp³-hybridized carbons (Fsp3) is 0.500. The van der Waals surface area contributed by atoms with E-state index in [4.69, 9.17) is 0 Å². The molecule has 0 fully saturated rings. The van der Waals surface area contributed by atoms with Crippen LogP contribution >= 0.6 is 0 Å². The number of sulfone groups is 1. The summed E-state index contributed by atoms with van der Waals surface area (Å²) in [6, 6.07) is 3.97. The fourth-order valence-electron chi connectivity index (χ4n) is 2.05. The Morgan fingerprint density at radius 2 is 1.82 bits per heavy atom. The number of aryl methyl sites for hydroxylation is 1. The van der Waals surface area contributed by atoms with Crippen LogP contribution in [0.4, 0.5) is 13.2 Å². The minimum absolute atomic E-state index is 0.0242. The largest absolute Gasteiger partial charge is 0.406 e. The molecule has 8 heteroatoms. The number of nitrogens with zero attached hydrogens (tertiary/aromatic N) is 1. The first-order valence-corrected chi connectivity index (χ1v) is 8.57. The zero-order valence-corrected chi connectivity index (χ0v) is 13.4. The van der Waals surface area contributed by atoms with E-state index in [-0.39, 0.29) is 17.0 Å². The van der Waals surface area contributed by atoms with Gasteiger partial charge in [0.1, 0.15) is 6.54 Å². The smallest absolute Gasteiger partial charge is 0.330 e. The van der Waals surface area contributed by atoms with Gasteiger partial charge < -0.3 is 4.90 Å². The molecule has 1 amide bonds. The first-order chi connectivity index (χ1) is 9.99. The predicted molar refractivity (Wildman–Crippen MR) is 76.6 cm³/mol. The summed E-state index contributed by atoms with van der Waals surface area (Å²) in [4.78, 5) is 12.8. The molecule has 0 N–H and O–H groups in total. The highest BCUT2D eigenvalue weighted by molar-refractivity contribution is 7.90. The lowest BCUT2D eigenvalue weighted by Gasteiger charge is -2.22. The molecule has 124 valence electrons. The number of hydrogen-bond acceptors (Lipinski definition) is 3. The van der Waals surface area contributed by atoms with Gasteiger partial charge in [-0.2, -0.15) is 13.2 Å². The molecule has 0 radical (unpaired) electrons. The molecule has 1 aromatic carbocycles. The maximum Gasteiger partial charge on any atom is 0.406 e. The molecule has 0 aliphatic rings. The highest BCUT2D eigenvalue weighted by Gasteiger charge is 2.32. The Morgan fingerprint density at radius 3 is 2.23 bits per heavy atom. The third-order valence-corrected chi connectivity index (χ3v) is 4.31. The summed E-state index contributed by atoms with van der Waals surface area (Å²) in [6.45, 7) is 1.70. The minimum Gasteiger partial charge on any atom is -0.330 e. The molecule has 0 saturated heterocycles. The topological polar surface area (TPSA) is 54.5 Å². The fourth-order valence-corrected chi connectivity index (χ4v) is 3.08. The van der Waals surface area contributed by atoms with E-state index in [0.717, 1.165) is 12.3 Å². The van der Waals surface area contributed by atoms with Crippen molar-refractivity contribution >= 4 is 15.7 Å². The number of carbonyl (C=O) groups excluding carboxylic acids is 1. The van der Waals surface area contributed by atoms with Crippen molar-refractivity contribution in [1.29, 1.82) is 0 Å². The zero-order chi connectivity index (χ0) is 17.1. The molecule has 0 aromatic heterocycles. The number of halogens is 3. The number of rotatable bonds is 5. The van der Waals surface area contributed by atoms with Gasteiger partial charge in [-0.1, -0.05) is 13.0 Å². The van der Waals surface area contributed by atoms with Gasteiger partial charge in [-0.15, -0.1) is 0 Å². The average Bonchev–Trinajstić information content (AvgIpc) is 2.41. The molecule has 0 heterocycles. The van der Waals surface area contributed by atoms with Crippen molar-refractivity contribution in [1.82, 2.24) is 4.90 Å². The monoisotopic (exact) mass is 337 g/mol. The van der Waals surface area contributed by atoms with Crippen LogP contribution in [0.3, 0.4) is 0 Å². The van der Waals surface area contributed by atoms with Crippen LogP contribution in [0, 0.1) is 0 Å². The van der Waals surface area contributed by atoms with Crippen LogP contribution in [0.1, 0.15) is 29.8 Å². The number of alkyl halides is 3. The van der Waals surface area contributed by atoms with E-state index in [1.807, 2.05) is 0 Å². The van der Waals surface area contributed by atoms with Gasteiger partial charge in [0.05, 0.1) is 4.90 Å². The van der Waals surface area contributed by atoms with Gasteiger partial charge in [0.25, 0.3) is 5.91 Å². The van der Waals surface area contributed by atoms with Gasteiger partial charge in [-0.05, 0) is 31.0 Å². The van der Waals surface area contributed by atoms with Gasteiger partial charge in [0, 0.05) is 18.4 Å². The highest BCUT2D eigenvalue weighted by Crippen LogP contribution is 2.22. The lowest BCUT2D eigenvalue weighted by atomic mass is 10.1. The maximum atomic E-state index is 12.5. The molecule has 4 nitrogen and oxygen atoms in total. The summed E-state index contributed by atoms with van der Waals surface area (Å²) in [5.41, 5.74) is 0.460. The van der Waals surface area contributed by atoms with Crippen molar-refractivity contribution in [2.24, 2.45) is 0 Å². The van der Waals surface area contributed by atoms with Gasteiger partial charge in [0.15, 0.2) is 9.84 Å². The summed E-state index contributed by atoms with van der Waals surface area (Å²) >= 11 is 0. The van der Waals surface area contributed by atoms with Crippen LogP contribution in [-0.4, -0.2) is 44.7 Å². The van der Waals surface area contributed by atoms with Gasteiger partial charge in [-0.25, -0.2) is 8.42 Å². The third-order valence-electron chi connectivity index (χ3n) is 3.13. The maximum absolute atomic E-state index is 12.5. The number of amides is 1. The van der Waals surface area contributed by atoms with Crippen molar-refractivity contribution in [2.75, 3.05) is 19.3 Å². The van der Waals surface area contributed by atoms with Gasteiger partial charge >= 0.3 is 6.18 Å². The van der Waals surface area contributed by atoms with E-state index in [1.165, 1.54) is 19.1 Å². The molecule has 1 aromatic rings. The summed E-state index contributed by atoms with van der Waals surface area (Å²) in [6.07, 6.45) is -3.06. The second-order valence-corrected chi connectivity index (χ2v) is 6.87. The van der Waals surface area contributed by atoms with Crippen molar-refractivity contribution < 1.29 is 26.4 Å². The molecular weight excluding hydrogens is 319 g/mol. The van der Waals surface area contributed by atoms with Crippen LogP contribution < -0.4 is 0 Å². The predicted octanol–water partition coefficient (Wildman–Crippen LogP) is 2.68. The third kappa shape index (κ3) is 4.72. The molecule has 0 saturated carbocycles. The molecule has 0 unspecified atom stereocenters. The van der Waals surface area contributed by atoms with Crippen molar-refractivity contribution in [3.63, 3.8) is 0 Å². The Labute approximate surface area is 127 Å². The lowest BCUT2D eigenvalue weighted by Crippen LogP contribution is -2.38. The van der Waals surface area contributed by atoms with Crippen molar-refractivity contribution in [3.8, 4) is 0 Å². The lowest BCUT2D eigenvalue weighted by molar-refractivity contribution is -0.140. The average molecular weight is 337 g/mol. The quantitative estimate of drug-likeness (QED) is 0.830. The van der Waals surface area contributed by atoms with Gasteiger partial charge in [-0.3, -0.25) is 4.79 Å². The summed E-state index contributed by atoms with van der Waals surface area (Å²) in [5.74, 6) is -0.840.